The second-order valence-corrected chi connectivity index (χ2v) is 6.28. The van der Waals surface area contributed by atoms with Crippen LogP contribution in [0.2, 0.25) is 0 Å². The summed E-state index contributed by atoms with van der Waals surface area (Å²) in [7, 11) is 3.47. The largest absolute Gasteiger partial charge is 0.496 e. The van der Waals surface area contributed by atoms with Gasteiger partial charge < -0.3 is 9.47 Å². The van der Waals surface area contributed by atoms with Gasteiger partial charge in [-0.25, -0.2) is 0 Å². The van der Waals surface area contributed by atoms with Gasteiger partial charge in [0, 0.05) is 11.1 Å². The molecule has 0 saturated heterocycles. The highest BCUT2D eigenvalue weighted by Crippen LogP contribution is 2.38. The van der Waals surface area contributed by atoms with Gasteiger partial charge in [0.25, 0.3) is 0 Å². The minimum absolute atomic E-state index is 0.904. The van der Waals surface area contributed by atoms with Crippen LogP contribution in [0.4, 0.5) is 0 Å². The molecule has 0 aliphatic heterocycles. The minimum atomic E-state index is 0.904. The SMILES string of the molecule is CCCCc1ccc(OC)c(-c2cc(CCCC)ccc2OC)c1. The number of hydrogen-bond acceptors (Lipinski definition) is 2. The van der Waals surface area contributed by atoms with Crippen LogP contribution in [0.5, 0.6) is 11.5 Å². The summed E-state index contributed by atoms with van der Waals surface area (Å²) in [6.45, 7) is 4.45. The molecule has 2 nitrogen and oxygen atoms in total. The monoisotopic (exact) mass is 326 g/mol. The summed E-state index contributed by atoms with van der Waals surface area (Å²) >= 11 is 0. The van der Waals surface area contributed by atoms with E-state index in [2.05, 4.69) is 50.2 Å². The van der Waals surface area contributed by atoms with E-state index in [1.54, 1.807) is 14.2 Å². The molecular formula is C22H30O2. The molecule has 0 saturated carbocycles. The normalized spacial score (nSPS) is 10.7. The zero-order chi connectivity index (χ0) is 17.4. The smallest absolute Gasteiger partial charge is 0.126 e. The summed E-state index contributed by atoms with van der Waals surface area (Å²) in [4.78, 5) is 0. The van der Waals surface area contributed by atoms with E-state index in [-0.39, 0.29) is 0 Å². The van der Waals surface area contributed by atoms with Crippen molar-refractivity contribution in [2.24, 2.45) is 0 Å². The van der Waals surface area contributed by atoms with Crippen LogP contribution >= 0.6 is 0 Å². The van der Waals surface area contributed by atoms with E-state index in [1.807, 2.05) is 0 Å². The molecular weight excluding hydrogens is 296 g/mol. The second kappa shape index (κ2) is 9.36. The molecule has 0 bridgehead atoms. The zero-order valence-electron chi connectivity index (χ0n) is 15.5. The van der Waals surface area contributed by atoms with Crippen molar-refractivity contribution in [3.8, 4) is 22.6 Å². The fraction of sp³-hybridized carbons (Fsp3) is 0.455. The fourth-order valence-electron chi connectivity index (χ4n) is 3.00. The first kappa shape index (κ1) is 18.4. The molecule has 130 valence electrons. The van der Waals surface area contributed by atoms with Crippen molar-refractivity contribution in [3.05, 3.63) is 47.5 Å². The molecule has 2 aromatic rings. The standard InChI is InChI=1S/C22H30O2/c1-5-7-9-17-11-13-21(23-3)19(15-17)20-16-18(10-8-6-2)12-14-22(20)24-4/h11-16H,5-10H2,1-4H3. The first-order chi connectivity index (χ1) is 11.7. The van der Waals surface area contributed by atoms with Crippen LogP contribution < -0.4 is 9.47 Å². The van der Waals surface area contributed by atoms with Crippen molar-refractivity contribution < 1.29 is 9.47 Å². The lowest BCUT2D eigenvalue weighted by atomic mass is 9.96. The number of methoxy groups -OCH3 is 2. The van der Waals surface area contributed by atoms with E-state index in [0.29, 0.717) is 0 Å². The average molecular weight is 326 g/mol. The Labute approximate surface area is 146 Å². The van der Waals surface area contributed by atoms with E-state index in [4.69, 9.17) is 9.47 Å². The summed E-state index contributed by atoms with van der Waals surface area (Å²) in [6, 6.07) is 13.0. The van der Waals surface area contributed by atoms with Crippen LogP contribution in [0.25, 0.3) is 11.1 Å². The number of hydrogen-bond donors (Lipinski definition) is 0. The van der Waals surface area contributed by atoms with Crippen LogP contribution in [0.1, 0.15) is 50.7 Å². The molecule has 2 rings (SSSR count). The maximum atomic E-state index is 5.62. The average Bonchev–Trinajstić information content (AvgIpc) is 2.64. The van der Waals surface area contributed by atoms with Crippen LogP contribution in [-0.2, 0) is 12.8 Å². The van der Waals surface area contributed by atoms with Gasteiger partial charge in [-0.05, 0) is 61.1 Å². The third-order valence-electron chi connectivity index (χ3n) is 4.46. The molecule has 0 aliphatic carbocycles. The van der Waals surface area contributed by atoms with E-state index in [9.17, 15) is 0 Å². The third kappa shape index (κ3) is 4.53. The molecule has 0 heterocycles. The van der Waals surface area contributed by atoms with Gasteiger partial charge in [-0.3, -0.25) is 0 Å². The Morgan fingerprint density at radius 2 is 1.08 bits per heavy atom. The van der Waals surface area contributed by atoms with E-state index in [0.717, 1.165) is 35.5 Å². The summed E-state index contributed by atoms with van der Waals surface area (Å²) in [5.74, 6) is 1.81. The van der Waals surface area contributed by atoms with Crippen LogP contribution in [0, 0.1) is 0 Å². The van der Waals surface area contributed by atoms with Gasteiger partial charge in [-0.15, -0.1) is 0 Å². The van der Waals surface area contributed by atoms with E-state index >= 15 is 0 Å². The Bertz CT molecular complexity index is 589. The molecule has 0 amide bonds. The highest BCUT2D eigenvalue weighted by molar-refractivity contribution is 5.77. The van der Waals surface area contributed by atoms with Gasteiger partial charge in [0.1, 0.15) is 11.5 Å². The molecule has 0 aliphatic rings. The fourth-order valence-corrected chi connectivity index (χ4v) is 3.00. The number of aryl methyl sites for hydroxylation is 2. The third-order valence-corrected chi connectivity index (χ3v) is 4.46. The van der Waals surface area contributed by atoms with Gasteiger partial charge in [0.2, 0.25) is 0 Å². The van der Waals surface area contributed by atoms with Crippen molar-refractivity contribution in [2.45, 2.75) is 52.4 Å². The first-order valence-corrected chi connectivity index (χ1v) is 9.07. The molecule has 0 radical (unpaired) electrons. The molecule has 24 heavy (non-hydrogen) atoms. The van der Waals surface area contributed by atoms with Crippen molar-refractivity contribution >= 4 is 0 Å². The van der Waals surface area contributed by atoms with Crippen LogP contribution in [0.3, 0.4) is 0 Å². The Balaban J connectivity index is 2.47. The Morgan fingerprint density at radius 1 is 0.667 bits per heavy atom. The topological polar surface area (TPSA) is 18.5 Å². The minimum Gasteiger partial charge on any atom is -0.496 e. The van der Waals surface area contributed by atoms with Gasteiger partial charge >= 0.3 is 0 Å². The number of benzene rings is 2. The molecule has 2 aromatic carbocycles. The van der Waals surface area contributed by atoms with Crippen LogP contribution in [-0.4, -0.2) is 14.2 Å². The summed E-state index contributed by atoms with van der Waals surface area (Å²) < 4.78 is 11.2. The molecule has 0 fully saturated rings. The maximum Gasteiger partial charge on any atom is 0.126 e. The summed E-state index contributed by atoms with van der Waals surface area (Å²) in [6.07, 6.45) is 7.03. The van der Waals surface area contributed by atoms with E-state index < -0.39 is 0 Å². The van der Waals surface area contributed by atoms with Crippen molar-refractivity contribution in [2.75, 3.05) is 14.2 Å². The molecule has 0 aromatic heterocycles. The number of rotatable bonds is 9. The number of ether oxygens (including phenoxy) is 2. The molecule has 0 atom stereocenters. The lowest BCUT2D eigenvalue weighted by molar-refractivity contribution is 0.410. The maximum absolute atomic E-state index is 5.62. The number of unbranched alkanes of at least 4 members (excludes halogenated alkanes) is 2. The molecule has 0 spiro atoms. The van der Waals surface area contributed by atoms with E-state index in [1.165, 1.54) is 36.8 Å². The quantitative estimate of drug-likeness (QED) is 0.558. The summed E-state index contributed by atoms with van der Waals surface area (Å²) in [5.41, 5.74) is 4.96. The lowest BCUT2D eigenvalue weighted by Gasteiger charge is -2.15. The van der Waals surface area contributed by atoms with Gasteiger partial charge in [-0.2, -0.15) is 0 Å². The van der Waals surface area contributed by atoms with Gasteiger partial charge in [0.05, 0.1) is 14.2 Å². The Hall–Kier alpha value is -1.96. The molecule has 0 N–H and O–H groups in total. The lowest BCUT2D eigenvalue weighted by Crippen LogP contribution is -1.96. The second-order valence-electron chi connectivity index (χ2n) is 6.28. The van der Waals surface area contributed by atoms with Gasteiger partial charge in [-0.1, -0.05) is 38.8 Å². The molecule has 0 unspecified atom stereocenters. The Morgan fingerprint density at radius 3 is 1.42 bits per heavy atom. The van der Waals surface area contributed by atoms with Crippen molar-refractivity contribution in [1.82, 2.24) is 0 Å². The van der Waals surface area contributed by atoms with Crippen molar-refractivity contribution in [3.63, 3.8) is 0 Å². The highest BCUT2D eigenvalue weighted by atomic mass is 16.5. The van der Waals surface area contributed by atoms with Gasteiger partial charge in [0.15, 0.2) is 0 Å². The molecule has 2 heteroatoms. The Kier molecular flexibility index (Phi) is 7.17. The predicted molar refractivity (Wildman–Crippen MR) is 102 cm³/mol. The van der Waals surface area contributed by atoms with Crippen LogP contribution in [0.15, 0.2) is 36.4 Å². The predicted octanol–water partition coefficient (Wildman–Crippen LogP) is 6.06. The zero-order valence-corrected chi connectivity index (χ0v) is 15.5. The summed E-state index contributed by atoms with van der Waals surface area (Å²) in [5, 5.41) is 0. The first-order valence-electron chi connectivity index (χ1n) is 9.07. The van der Waals surface area contributed by atoms with Crippen molar-refractivity contribution in [1.29, 1.82) is 0 Å². The highest BCUT2D eigenvalue weighted by Gasteiger charge is 2.13.